The third-order valence-corrected chi connectivity index (χ3v) is 3.54. The van der Waals surface area contributed by atoms with Crippen LogP contribution in [-0.2, 0) is 9.59 Å². The summed E-state index contributed by atoms with van der Waals surface area (Å²) in [4.78, 5) is 24.6. The molecule has 1 aliphatic rings. The second-order valence-corrected chi connectivity index (χ2v) is 5.18. The van der Waals surface area contributed by atoms with Crippen molar-refractivity contribution in [1.29, 1.82) is 0 Å². The van der Waals surface area contributed by atoms with Gasteiger partial charge in [-0.15, -0.1) is 0 Å². The largest absolute Gasteiger partial charge is 0.481 e. The van der Waals surface area contributed by atoms with Crippen molar-refractivity contribution in [3.8, 4) is 0 Å². The van der Waals surface area contributed by atoms with E-state index in [1.807, 2.05) is 32.0 Å². The van der Waals surface area contributed by atoms with Crippen LogP contribution in [0.4, 0.5) is 5.69 Å². The van der Waals surface area contributed by atoms with E-state index in [1.54, 1.807) is 4.90 Å². The fourth-order valence-corrected chi connectivity index (χ4v) is 2.02. The molecule has 0 unspecified atom stereocenters. The molecule has 0 atom stereocenters. The smallest absolute Gasteiger partial charge is 0.305 e. The number of carbonyl (C=O) groups excluding carboxylic acids is 1. The van der Waals surface area contributed by atoms with Gasteiger partial charge in [-0.25, -0.2) is 0 Å². The van der Waals surface area contributed by atoms with E-state index < -0.39 is 5.97 Å². The van der Waals surface area contributed by atoms with E-state index in [2.05, 4.69) is 0 Å². The SMILES string of the molecule is Cc1ccc(N(CCC(=O)O)C(=O)C2CC2)cc1C. The van der Waals surface area contributed by atoms with Crippen molar-refractivity contribution in [3.05, 3.63) is 29.3 Å². The van der Waals surface area contributed by atoms with Gasteiger partial charge in [0.1, 0.15) is 0 Å². The highest BCUT2D eigenvalue weighted by molar-refractivity contribution is 5.96. The molecule has 102 valence electrons. The highest BCUT2D eigenvalue weighted by Gasteiger charge is 2.34. The van der Waals surface area contributed by atoms with E-state index in [0.29, 0.717) is 0 Å². The molecule has 4 nitrogen and oxygen atoms in total. The second-order valence-electron chi connectivity index (χ2n) is 5.18. The summed E-state index contributed by atoms with van der Waals surface area (Å²) in [5.74, 6) is -0.725. The van der Waals surface area contributed by atoms with Gasteiger partial charge in [-0.2, -0.15) is 0 Å². The molecular formula is C15H19NO3. The van der Waals surface area contributed by atoms with Crippen LogP contribution in [0.15, 0.2) is 18.2 Å². The number of amides is 1. The molecular weight excluding hydrogens is 242 g/mol. The Hall–Kier alpha value is -1.84. The van der Waals surface area contributed by atoms with Crippen LogP contribution in [0, 0.1) is 19.8 Å². The standard InChI is InChI=1S/C15H19NO3/c1-10-3-6-13(9-11(10)2)16(8-7-14(17)18)15(19)12-4-5-12/h3,6,9,12H,4-5,7-8H2,1-2H3,(H,17,18). The van der Waals surface area contributed by atoms with Gasteiger partial charge in [-0.05, 0) is 49.9 Å². The second kappa shape index (κ2) is 5.43. The molecule has 1 saturated carbocycles. The van der Waals surface area contributed by atoms with E-state index in [-0.39, 0.29) is 24.8 Å². The lowest BCUT2D eigenvalue weighted by Gasteiger charge is -2.23. The molecule has 0 aromatic heterocycles. The number of aliphatic carboxylic acids is 1. The zero-order chi connectivity index (χ0) is 14.0. The number of rotatable bonds is 5. The lowest BCUT2D eigenvalue weighted by atomic mass is 10.1. The number of benzene rings is 1. The number of hydrogen-bond acceptors (Lipinski definition) is 2. The molecule has 1 aromatic rings. The summed E-state index contributed by atoms with van der Waals surface area (Å²) in [6.07, 6.45) is 1.83. The lowest BCUT2D eigenvalue weighted by molar-refractivity contribution is -0.136. The third-order valence-electron chi connectivity index (χ3n) is 3.54. The molecule has 1 amide bonds. The zero-order valence-electron chi connectivity index (χ0n) is 11.3. The summed E-state index contributed by atoms with van der Waals surface area (Å²) < 4.78 is 0. The Morgan fingerprint density at radius 3 is 2.47 bits per heavy atom. The van der Waals surface area contributed by atoms with Gasteiger partial charge in [0.05, 0.1) is 6.42 Å². The Labute approximate surface area is 113 Å². The van der Waals surface area contributed by atoms with Gasteiger partial charge in [0.2, 0.25) is 5.91 Å². The molecule has 0 bridgehead atoms. The van der Waals surface area contributed by atoms with Crippen LogP contribution in [-0.4, -0.2) is 23.5 Å². The van der Waals surface area contributed by atoms with Crippen molar-refractivity contribution in [2.75, 3.05) is 11.4 Å². The molecule has 1 aliphatic carbocycles. The number of aryl methyl sites for hydroxylation is 2. The molecule has 1 aromatic carbocycles. The van der Waals surface area contributed by atoms with Gasteiger partial charge in [-0.3, -0.25) is 9.59 Å². The Morgan fingerprint density at radius 2 is 1.95 bits per heavy atom. The van der Waals surface area contributed by atoms with Gasteiger partial charge < -0.3 is 10.0 Å². The van der Waals surface area contributed by atoms with E-state index in [9.17, 15) is 9.59 Å². The van der Waals surface area contributed by atoms with Crippen molar-refractivity contribution in [1.82, 2.24) is 0 Å². The summed E-state index contributed by atoms with van der Waals surface area (Å²) in [6, 6.07) is 5.82. The van der Waals surface area contributed by atoms with Crippen LogP contribution in [0.1, 0.15) is 30.4 Å². The fraction of sp³-hybridized carbons (Fsp3) is 0.467. The Bertz CT molecular complexity index is 506. The third kappa shape index (κ3) is 3.34. The van der Waals surface area contributed by atoms with Crippen LogP contribution in [0.5, 0.6) is 0 Å². The number of nitrogens with zero attached hydrogens (tertiary/aromatic N) is 1. The number of hydrogen-bond donors (Lipinski definition) is 1. The first-order valence-corrected chi connectivity index (χ1v) is 6.59. The van der Waals surface area contributed by atoms with Gasteiger partial charge in [0, 0.05) is 18.2 Å². The summed E-state index contributed by atoms with van der Waals surface area (Å²) in [6.45, 7) is 4.26. The molecule has 0 heterocycles. The molecule has 1 N–H and O–H groups in total. The van der Waals surface area contributed by atoms with Gasteiger partial charge in [0.15, 0.2) is 0 Å². The monoisotopic (exact) mass is 261 g/mol. The van der Waals surface area contributed by atoms with Crippen LogP contribution in [0.2, 0.25) is 0 Å². The van der Waals surface area contributed by atoms with Crippen molar-refractivity contribution in [2.45, 2.75) is 33.1 Å². The minimum Gasteiger partial charge on any atom is -0.481 e. The highest BCUT2D eigenvalue weighted by Crippen LogP contribution is 2.33. The number of carbonyl (C=O) groups is 2. The average Bonchev–Trinajstić information content (AvgIpc) is 3.17. The van der Waals surface area contributed by atoms with Crippen LogP contribution >= 0.6 is 0 Å². The zero-order valence-corrected chi connectivity index (χ0v) is 11.3. The van der Waals surface area contributed by atoms with E-state index in [1.165, 1.54) is 5.56 Å². The number of anilines is 1. The maximum absolute atomic E-state index is 12.2. The molecule has 19 heavy (non-hydrogen) atoms. The molecule has 2 rings (SSSR count). The number of carboxylic acids is 1. The minimum absolute atomic E-state index is 0.0224. The van der Waals surface area contributed by atoms with Crippen molar-refractivity contribution >= 4 is 17.6 Å². The van der Waals surface area contributed by atoms with E-state index in [4.69, 9.17) is 5.11 Å². The first kappa shape index (κ1) is 13.6. The quantitative estimate of drug-likeness (QED) is 0.886. The predicted octanol–water partition coefficient (Wildman–Crippen LogP) is 2.52. The molecule has 0 spiro atoms. The van der Waals surface area contributed by atoms with E-state index >= 15 is 0 Å². The maximum Gasteiger partial charge on any atom is 0.305 e. The topological polar surface area (TPSA) is 57.6 Å². The van der Waals surface area contributed by atoms with Crippen molar-refractivity contribution in [2.24, 2.45) is 5.92 Å². The summed E-state index contributed by atoms with van der Waals surface area (Å²) in [5, 5.41) is 8.81. The normalized spacial score (nSPS) is 14.2. The summed E-state index contributed by atoms with van der Waals surface area (Å²) >= 11 is 0. The average molecular weight is 261 g/mol. The molecule has 0 aliphatic heterocycles. The predicted molar refractivity (Wildman–Crippen MR) is 73.2 cm³/mol. The lowest BCUT2D eigenvalue weighted by Crippen LogP contribution is -2.34. The first-order chi connectivity index (χ1) is 8.99. The van der Waals surface area contributed by atoms with Gasteiger partial charge in [-0.1, -0.05) is 6.07 Å². The first-order valence-electron chi connectivity index (χ1n) is 6.59. The summed E-state index contributed by atoms with van der Waals surface area (Å²) in [7, 11) is 0. The Balaban J connectivity index is 2.21. The molecule has 0 radical (unpaired) electrons. The van der Waals surface area contributed by atoms with Crippen molar-refractivity contribution < 1.29 is 14.7 Å². The Kier molecular flexibility index (Phi) is 3.88. The van der Waals surface area contributed by atoms with Gasteiger partial charge in [0.25, 0.3) is 0 Å². The molecule has 0 saturated heterocycles. The fourth-order valence-electron chi connectivity index (χ4n) is 2.02. The highest BCUT2D eigenvalue weighted by atomic mass is 16.4. The molecule has 1 fully saturated rings. The maximum atomic E-state index is 12.2. The Morgan fingerprint density at radius 1 is 1.26 bits per heavy atom. The minimum atomic E-state index is -0.877. The van der Waals surface area contributed by atoms with Crippen LogP contribution in [0.25, 0.3) is 0 Å². The van der Waals surface area contributed by atoms with Crippen LogP contribution < -0.4 is 4.90 Å². The van der Waals surface area contributed by atoms with E-state index in [0.717, 1.165) is 24.1 Å². The molecule has 4 heteroatoms. The summed E-state index contributed by atoms with van der Waals surface area (Å²) in [5.41, 5.74) is 3.09. The van der Waals surface area contributed by atoms with Crippen molar-refractivity contribution in [3.63, 3.8) is 0 Å². The number of carboxylic acid groups (broad SMARTS) is 1. The van der Waals surface area contributed by atoms with Gasteiger partial charge >= 0.3 is 5.97 Å². The van der Waals surface area contributed by atoms with Crippen LogP contribution in [0.3, 0.4) is 0 Å².